The number of carbonyl (C=O) groups excluding carboxylic acids is 1. The third kappa shape index (κ3) is 1.53. The van der Waals surface area contributed by atoms with E-state index >= 15 is 0 Å². The van der Waals surface area contributed by atoms with Crippen molar-refractivity contribution in [3.8, 4) is 0 Å². The van der Waals surface area contributed by atoms with Crippen molar-refractivity contribution < 1.29 is 4.79 Å². The summed E-state index contributed by atoms with van der Waals surface area (Å²) in [7, 11) is 0. The van der Waals surface area contributed by atoms with Gasteiger partial charge in [0.1, 0.15) is 0 Å². The summed E-state index contributed by atoms with van der Waals surface area (Å²) in [5.41, 5.74) is 1.37. The van der Waals surface area contributed by atoms with E-state index < -0.39 is 5.24 Å². The van der Waals surface area contributed by atoms with Crippen molar-refractivity contribution >= 4 is 27.7 Å². The Bertz CT molecular complexity index is 467. The van der Waals surface area contributed by atoms with E-state index in [1.165, 1.54) is 0 Å². The molecule has 0 atom stereocenters. The Kier molecular flexibility index (Phi) is 1.99. The molecule has 1 aromatic heterocycles. The van der Waals surface area contributed by atoms with E-state index in [4.69, 9.17) is 11.6 Å². The summed E-state index contributed by atoms with van der Waals surface area (Å²) in [6.45, 7) is 0. The predicted molar refractivity (Wildman–Crippen MR) is 51.9 cm³/mol. The van der Waals surface area contributed by atoms with Crippen LogP contribution >= 0.6 is 11.6 Å². The molecule has 1 aromatic carbocycles. The number of hydrogen-bond acceptors (Lipinski definition) is 2. The van der Waals surface area contributed by atoms with Crippen LogP contribution < -0.4 is 0 Å². The lowest BCUT2D eigenvalue weighted by Gasteiger charge is -1.97. The summed E-state index contributed by atoms with van der Waals surface area (Å²) >= 11 is 5.34. The number of rotatable bonds is 1. The lowest BCUT2D eigenvalue weighted by molar-refractivity contribution is 0.108. The van der Waals surface area contributed by atoms with Gasteiger partial charge in [-0.25, -0.2) is 0 Å². The fourth-order valence-electron chi connectivity index (χ4n) is 1.20. The number of fused-ring (bicyclic) bond motifs is 1. The van der Waals surface area contributed by atoms with Gasteiger partial charge in [0.25, 0.3) is 5.24 Å². The Balaban J connectivity index is 2.69. The minimum Gasteiger partial charge on any atom is -0.276 e. The fraction of sp³-hybridized carbons (Fsp3) is 0. The second kappa shape index (κ2) is 3.15. The van der Waals surface area contributed by atoms with E-state index in [0.29, 0.717) is 5.56 Å². The molecule has 0 saturated heterocycles. The van der Waals surface area contributed by atoms with Crippen molar-refractivity contribution in [2.24, 2.45) is 0 Å². The van der Waals surface area contributed by atoms with Crippen LogP contribution in [0.1, 0.15) is 10.4 Å². The molecule has 0 aliphatic rings. The van der Waals surface area contributed by atoms with Crippen LogP contribution in [-0.4, -0.2) is 10.2 Å². The highest BCUT2D eigenvalue weighted by molar-refractivity contribution is 6.67. The largest absolute Gasteiger partial charge is 0.276 e. The summed E-state index contributed by atoms with van der Waals surface area (Å²) in [5.74, 6) is 0. The lowest BCUT2D eigenvalue weighted by atomic mass is 10.1. The SMILES string of the molecule is O=C(Cl)c1ccc2ncccc2c1. The van der Waals surface area contributed by atoms with Gasteiger partial charge in [-0.3, -0.25) is 9.78 Å². The first kappa shape index (κ1) is 8.20. The van der Waals surface area contributed by atoms with Gasteiger partial charge in [-0.2, -0.15) is 0 Å². The molecule has 13 heavy (non-hydrogen) atoms. The molecule has 0 amide bonds. The smallest absolute Gasteiger partial charge is 0.252 e. The number of pyridine rings is 1. The maximum Gasteiger partial charge on any atom is 0.252 e. The molecule has 0 unspecified atom stereocenters. The van der Waals surface area contributed by atoms with Crippen LogP contribution in [0.5, 0.6) is 0 Å². The Labute approximate surface area is 80.2 Å². The molecule has 0 aliphatic heterocycles. The van der Waals surface area contributed by atoms with Crippen molar-refractivity contribution in [3.63, 3.8) is 0 Å². The molecule has 2 nitrogen and oxygen atoms in total. The van der Waals surface area contributed by atoms with Gasteiger partial charge < -0.3 is 0 Å². The van der Waals surface area contributed by atoms with Crippen LogP contribution in [-0.2, 0) is 0 Å². The van der Waals surface area contributed by atoms with E-state index in [9.17, 15) is 4.79 Å². The topological polar surface area (TPSA) is 30.0 Å². The van der Waals surface area contributed by atoms with Gasteiger partial charge in [0.15, 0.2) is 0 Å². The molecular formula is C10H6ClNO. The Morgan fingerprint density at radius 2 is 2.15 bits per heavy atom. The number of benzene rings is 1. The Morgan fingerprint density at radius 3 is 2.92 bits per heavy atom. The number of aromatic nitrogens is 1. The average Bonchev–Trinajstić information content (AvgIpc) is 2.17. The lowest BCUT2D eigenvalue weighted by Crippen LogP contribution is -1.88. The van der Waals surface area contributed by atoms with Crippen molar-refractivity contribution in [3.05, 3.63) is 42.1 Å². The maximum atomic E-state index is 10.8. The minimum absolute atomic E-state index is 0.439. The van der Waals surface area contributed by atoms with Crippen molar-refractivity contribution in [2.75, 3.05) is 0 Å². The maximum absolute atomic E-state index is 10.8. The second-order valence-corrected chi connectivity index (χ2v) is 3.03. The van der Waals surface area contributed by atoms with Crippen molar-refractivity contribution in [2.45, 2.75) is 0 Å². The molecule has 0 saturated carbocycles. The van der Waals surface area contributed by atoms with Crippen LogP contribution in [0.4, 0.5) is 0 Å². The molecule has 0 radical (unpaired) electrons. The average molecular weight is 192 g/mol. The molecule has 2 rings (SSSR count). The van der Waals surface area contributed by atoms with Gasteiger partial charge in [0, 0.05) is 17.1 Å². The Hall–Kier alpha value is -1.41. The van der Waals surface area contributed by atoms with E-state index in [2.05, 4.69) is 4.98 Å². The first-order chi connectivity index (χ1) is 6.27. The summed E-state index contributed by atoms with van der Waals surface area (Å²) in [6.07, 6.45) is 1.71. The first-order valence-electron chi connectivity index (χ1n) is 3.82. The highest BCUT2D eigenvalue weighted by atomic mass is 35.5. The molecular weight excluding hydrogens is 186 g/mol. The van der Waals surface area contributed by atoms with Crippen LogP contribution in [0.2, 0.25) is 0 Å². The fourth-order valence-corrected chi connectivity index (χ4v) is 1.32. The highest BCUT2D eigenvalue weighted by Crippen LogP contribution is 2.14. The molecule has 2 aromatic rings. The van der Waals surface area contributed by atoms with Crippen LogP contribution in [0.15, 0.2) is 36.5 Å². The highest BCUT2D eigenvalue weighted by Gasteiger charge is 2.01. The summed E-state index contributed by atoms with van der Waals surface area (Å²) in [6, 6.07) is 8.91. The molecule has 0 aliphatic carbocycles. The van der Waals surface area contributed by atoms with Gasteiger partial charge in [-0.1, -0.05) is 6.07 Å². The minimum atomic E-state index is -0.439. The van der Waals surface area contributed by atoms with Crippen LogP contribution in [0.3, 0.4) is 0 Å². The van der Waals surface area contributed by atoms with Gasteiger partial charge in [0.05, 0.1) is 5.52 Å². The number of hydrogen-bond donors (Lipinski definition) is 0. The van der Waals surface area contributed by atoms with Crippen LogP contribution in [0, 0.1) is 0 Å². The summed E-state index contributed by atoms with van der Waals surface area (Å²) in [5, 5.41) is 0.486. The van der Waals surface area contributed by atoms with Gasteiger partial charge in [0.2, 0.25) is 0 Å². The first-order valence-corrected chi connectivity index (χ1v) is 4.20. The second-order valence-electron chi connectivity index (χ2n) is 2.68. The van der Waals surface area contributed by atoms with Gasteiger partial charge in [-0.05, 0) is 35.9 Å². The number of halogens is 1. The quantitative estimate of drug-likeness (QED) is 0.649. The number of carbonyl (C=O) groups is 1. The summed E-state index contributed by atoms with van der Waals surface area (Å²) < 4.78 is 0. The Morgan fingerprint density at radius 1 is 1.31 bits per heavy atom. The number of nitrogens with zero attached hydrogens (tertiary/aromatic N) is 1. The van der Waals surface area contributed by atoms with E-state index in [-0.39, 0.29) is 0 Å². The predicted octanol–water partition coefficient (Wildman–Crippen LogP) is 2.61. The third-order valence-electron chi connectivity index (χ3n) is 1.83. The zero-order valence-electron chi connectivity index (χ0n) is 6.70. The van der Waals surface area contributed by atoms with Gasteiger partial charge in [-0.15, -0.1) is 0 Å². The summed E-state index contributed by atoms with van der Waals surface area (Å²) in [4.78, 5) is 15.0. The normalized spacial score (nSPS) is 10.2. The standard InChI is InChI=1S/C10H6ClNO/c11-10(13)8-3-4-9-7(6-8)2-1-5-12-9/h1-6H. The molecule has 0 bridgehead atoms. The van der Waals surface area contributed by atoms with E-state index in [1.807, 2.05) is 12.1 Å². The molecule has 0 fully saturated rings. The molecule has 0 spiro atoms. The zero-order chi connectivity index (χ0) is 9.26. The van der Waals surface area contributed by atoms with Gasteiger partial charge >= 0.3 is 0 Å². The molecule has 0 N–H and O–H groups in total. The van der Waals surface area contributed by atoms with Crippen molar-refractivity contribution in [1.82, 2.24) is 4.98 Å². The monoisotopic (exact) mass is 191 g/mol. The molecule has 1 heterocycles. The molecule has 3 heteroatoms. The van der Waals surface area contributed by atoms with E-state index in [1.54, 1.807) is 24.4 Å². The zero-order valence-corrected chi connectivity index (χ0v) is 7.45. The van der Waals surface area contributed by atoms with Crippen molar-refractivity contribution in [1.29, 1.82) is 0 Å². The molecule has 64 valence electrons. The van der Waals surface area contributed by atoms with E-state index in [0.717, 1.165) is 10.9 Å². The third-order valence-corrected chi connectivity index (χ3v) is 2.05. The van der Waals surface area contributed by atoms with Crippen LogP contribution in [0.25, 0.3) is 10.9 Å².